The Morgan fingerprint density at radius 1 is 0.387 bits per heavy atom. The Labute approximate surface area is 363 Å². The minimum atomic E-state index is 0.739. The van der Waals surface area contributed by atoms with Crippen LogP contribution in [-0.4, -0.2) is 34.2 Å². The summed E-state index contributed by atoms with van der Waals surface area (Å²) in [6.07, 6.45) is 8.33. The number of methoxy groups -OCH3 is 2. The van der Waals surface area contributed by atoms with Gasteiger partial charge in [0.2, 0.25) is 0 Å². The van der Waals surface area contributed by atoms with Gasteiger partial charge in [-0.15, -0.1) is 0 Å². The molecule has 8 bridgehead atoms. The molecular weight excluding hydrogens is 761 g/mol. The van der Waals surface area contributed by atoms with Crippen LogP contribution in [0, 0.1) is 65.2 Å². The maximum Gasteiger partial charge on any atom is 0.118 e. The van der Waals surface area contributed by atoms with Crippen molar-refractivity contribution in [3.63, 3.8) is 0 Å². The summed E-state index contributed by atoms with van der Waals surface area (Å²) in [6.45, 7) is 13.0. The zero-order valence-corrected chi connectivity index (χ0v) is 36.3. The number of rotatable bonds is 4. The molecule has 2 aliphatic rings. The molecule has 6 heteroatoms. The number of ether oxygens (including phenoxy) is 2. The van der Waals surface area contributed by atoms with Gasteiger partial charge in [-0.1, -0.05) is 59.1 Å². The van der Waals surface area contributed by atoms with Crippen LogP contribution in [0.1, 0.15) is 78.4 Å². The van der Waals surface area contributed by atoms with Crippen LogP contribution in [0.3, 0.4) is 0 Å². The van der Waals surface area contributed by atoms with Crippen molar-refractivity contribution < 1.29 is 9.47 Å². The van der Waals surface area contributed by atoms with Gasteiger partial charge in [-0.3, -0.25) is 0 Å². The highest BCUT2D eigenvalue weighted by atomic mass is 16.5. The monoisotopic (exact) mass is 806 g/mol. The first-order valence-corrected chi connectivity index (χ1v) is 20.7. The van der Waals surface area contributed by atoms with Crippen LogP contribution in [0.2, 0.25) is 0 Å². The van der Waals surface area contributed by atoms with Crippen LogP contribution >= 0.6 is 0 Å². The fraction of sp³-hybridized carbons (Fsp3) is 0.143. The molecule has 3 aromatic heterocycles. The molecule has 0 saturated carbocycles. The molecule has 7 aromatic rings. The molecule has 4 aromatic carbocycles. The number of aromatic nitrogens is 4. The zero-order valence-electron chi connectivity index (χ0n) is 36.3. The van der Waals surface area contributed by atoms with Gasteiger partial charge in [0.25, 0.3) is 0 Å². The molecular formula is C56H46N4O2. The van der Waals surface area contributed by atoms with Crippen molar-refractivity contribution in [3.8, 4) is 57.4 Å². The lowest BCUT2D eigenvalue weighted by atomic mass is 9.92. The fourth-order valence-electron chi connectivity index (χ4n) is 8.76. The summed E-state index contributed by atoms with van der Waals surface area (Å²) in [5, 5.41) is 0. The third kappa shape index (κ3) is 7.60. The lowest BCUT2D eigenvalue weighted by Crippen LogP contribution is -1.95. The Balaban J connectivity index is 1.43. The number of H-pyrrole nitrogens is 2. The number of aryl methyl sites for hydroxylation is 6. The van der Waals surface area contributed by atoms with Crippen LogP contribution in [0.5, 0.6) is 11.5 Å². The number of benzene rings is 4. The molecule has 62 heavy (non-hydrogen) atoms. The van der Waals surface area contributed by atoms with Gasteiger partial charge in [-0.25, -0.2) is 9.97 Å². The average molecular weight is 807 g/mol. The van der Waals surface area contributed by atoms with E-state index in [0.717, 1.165) is 101 Å². The number of nitrogens with zero attached hydrogens (tertiary/aromatic N) is 2. The van der Waals surface area contributed by atoms with Gasteiger partial charge >= 0.3 is 0 Å². The van der Waals surface area contributed by atoms with Gasteiger partial charge in [-0.05, 0) is 172 Å². The molecule has 0 saturated heterocycles. The topological polar surface area (TPSA) is 75.8 Å². The van der Waals surface area contributed by atoms with E-state index in [4.69, 9.17) is 19.4 Å². The first-order chi connectivity index (χ1) is 30.1. The molecule has 0 aliphatic carbocycles. The van der Waals surface area contributed by atoms with Crippen molar-refractivity contribution in [2.45, 2.75) is 41.5 Å². The Kier molecular flexibility index (Phi) is 10.4. The Bertz CT molecular complexity index is 3110. The molecule has 2 N–H and O–H groups in total. The van der Waals surface area contributed by atoms with Gasteiger partial charge < -0.3 is 19.4 Å². The lowest BCUT2D eigenvalue weighted by Gasteiger charge is -2.13. The summed E-state index contributed by atoms with van der Waals surface area (Å²) >= 11 is 0. The summed E-state index contributed by atoms with van der Waals surface area (Å²) in [6, 6.07) is 33.1. The van der Waals surface area contributed by atoms with E-state index < -0.39 is 0 Å². The second kappa shape index (κ2) is 16.3. The summed E-state index contributed by atoms with van der Waals surface area (Å²) in [5.41, 5.74) is 21.4. The van der Waals surface area contributed by atoms with Crippen molar-refractivity contribution >= 4 is 46.4 Å². The van der Waals surface area contributed by atoms with Gasteiger partial charge in [-0.2, -0.15) is 0 Å². The molecule has 6 nitrogen and oxygen atoms in total. The van der Waals surface area contributed by atoms with Crippen molar-refractivity contribution in [1.29, 1.82) is 0 Å². The predicted molar refractivity (Wildman–Crippen MR) is 256 cm³/mol. The van der Waals surface area contributed by atoms with E-state index in [9.17, 15) is 0 Å². The number of hydrogen-bond acceptors (Lipinski definition) is 4. The Morgan fingerprint density at radius 2 is 0.742 bits per heavy atom. The van der Waals surface area contributed by atoms with Crippen LogP contribution in [-0.2, 0) is 0 Å². The lowest BCUT2D eigenvalue weighted by molar-refractivity contribution is 0.414. The van der Waals surface area contributed by atoms with E-state index in [-0.39, 0.29) is 0 Å². The highest BCUT2D eigenvalue weighted by molar-refractivity contribution is 5.97. The minimum Gasteiger partial charge on any atom is -0.497 e. The van der Waals surface area contributed by atoms with Crippen LogP contribution < -0.4 is 9.47 Å². The molecule has 0 fully saturated rings. The third-order valence-corrected chi connectivity index (χ3v) is 11.5. The van der Waals surface area contributed by atoms with E-state index in [1.54, 1.807) is 14.2 Å². The quantitative estimate of drug-likeness (QED) is 0.174. The van der Waals surface area contributed by atoms with E-state index in [1.807, 2.05) is 48.5 Å². The second-order valence-corrected chi connectivity index (χ2v) is 16.0. The number of fused-ring (bicyclic) bond motifs is 8. The predicted octanol–water partition coefficient (Wildman–Crippen LogP) is 12.7. The van der Waals surface area contributed by atoms with Gasteiger partial charge in [0, 0.05) is 33.3 Å². The fourth-order valence-corrected chi connectivity index (χ4v) is 8.76. The SMILES string of the molecule is COc1ccc(C#Cc2c3nc(c(-c4c(C)cc(C)cc4C)c4ccc([nH]4)c(C#Cc4ccc(OC)cc4)c4ccc([nH]4)c(-c4c(C)cc(C)cc4C)c4nc2C=C4)C=C3)cc1. The number of nitrogens with one attached hydrogen (secondary N) is 2. The molecule has 0 unspecified atom stereocenters. The van der Waals surface area contributed by atoms with Gasteiger partial charge in [0.05, 0.1) is 59.2 Å². The van der Waals surface area contributed by atoms with Crippen LogP contribution in [0.4, 0.5) is 0 Å². The van der Waals surface area contributed by atoms with Gasteiger partial charge in [0.15, 0.2) is 0 Å². The van der Waals surface area contributed by atoms with Gasteiger partial charge in [0.1, 0.15) is 11.5 Å². The molecule has 0 amide bonds. The van der Waals surface area contributed by atoms with Crippen LogP contribution in [0.15, 0.2) is 97.1 Å². The van der Waals surface area contributed by atoms with Crippen molar-refractivity contribution in [1.82, 2.24) is 19.9 Å². The Hall–Kier alpha value is -7.80. The standard InChI is InChI=1S/C56H46N4O2/c1-33-29-35(3)53(36(4)30-33)55-49-25-21-45(57-49)43(19-13-39-9-15-41(61-7)16-10-39)47-23-27-51(59-47)56(54-37(5)31-34(2)32-38(54)6)52-28-24-48(60-52)44(46-22-26-50(55)58-46)20-14-40-11-17-42(62-8)18-12-40/h9-12,15-18,21-32,57,59H,1-8H3. The number of aromatic amines is 2. The molecule has 2 aliphatic heterocycles. The summed E-state index contributed by atoms with van der Waals surface area (Å²) in [4.78, 5) is 18.5. The highest BCUT2D eigenvalue weighted by Gasteiger charge is 2.20. The van der Waals surface area contributed by atoms with E-state index in [0.29, 0.717) is 0 Å². The second-order valence-electron chi connectivity index (χ2n) is 16.0. The van der Waals surface area contributed by atoms with Crippen LogP contribution in [0.25, 0.3) is 68.6 Å². The van der Waals surface area contributed by atoms with E-state index >= 15 is 0 Å². The van der Waals surface area contributed by atoms with E-state index in [1.165, 1.54) is 33.4 Å². The molecule has 0 atom stereocenters. The molecule has 0 radical (unpaired) electrons. The van der Waals surface area contributed by atoms with E-state index in [2.05, 4.69) is 148 Å². The summed E-state index contributed by atoms with van der Waals surface area (Å²) in [5.74, 6) is 15.5. The van der Waals surface area contributed by atoms with Crippen molar-refractivity contribution in [2.75, 3.05) is 14.2 Å². The Morgan fingerprint density at radius 3 is 1.13 bits per heavy atom. The third-order valence-electron chi connectivity index (χ3n) is 11.5. The first-order valence-electron chi connectivity index (χ1n) is 20.7. The molecule has 9 rings (SSSR count). The number of hydrogen-bond donors (Lipinski definition) is 2. The summed E-state index contributed by atoms with van der Waals surface area (Å²) in [7, 11) is 3.34. The average Bonchev–Trinajstić information content (AvgIpc) is 4.10. The minimum absolute atomic E-state index is 0.739. The smallest absolute Gasteiger partial charge is 0.118 e. The molecule has 5 heterocycles. The zero-order chi connectivity index (χ0) is 43.1. The maximum absolute atomic E-state index is 5.43. The first kappa shape index (κ1) is 39.6. The largest absolute Gasteiger partial charge is 0.497 e. The highest BCUT2D eigenvalue weighted by Crippen LogP contribution is 2.38. The molecule has 0 spiro atoms. The normalized spacial score (nSPS) is 11.5. The summed E-state index contributed by atoms with van der Waals surface area (Å²) < 4.78 is 10.9. The van der Waals surface area contributed by atoms with Crippen molar-refractivity contribution in [3.05, 3.63) is 175 Å². The molecule has 302 valence electrons. The maximum atomic E-state index is 5.43. The van der Waals surface area contributed by atoms with Crippen molar-refractivity contribution in [2.24, 2.45) is 0 Å².